The Kier molecular flexibility index (Phi) is 2.73. The van der Waals surface area contributed by atoms with Crippen molar-refractivity contribution in [2.24, 2.45) is 0 Å². The molecule has 0 amide bonds. The first kappa shape index (κ1) is 10.2. The standard InChI is InChI=1S/C10H15N3O2/c1-7-11-9(5-10(15)12-7)13-4-2-3-8(14)6-13/h5,8,14H,2-4,6H2,1H3,(H,11,12,15)/t8-/m0/s1. The van der Waals surface area contributed by atoms with Gasteiger partial charge in [-0.1, -0.05) is 0 Å². The Morgan fingerprint density at radius 1 is 1.67 bits per heavy atom. The second-order valence-corrected chi connectivity index (χ2v) is 3.93. The van der Waals surface area contributed by atoms with Crippen molar-refractivity contribution >= 4 is 5.82 Å². The van der Waals surface area contributed by atoms with Crippen LogP contribution in [0.2, 0.25) is 0 Å². The van der Waals surface area contributed by atoms with E-state index in [2.05, 4.69) is 9.97 Å². The van der Waals surface area contributed by atoms with Crippen molar-refractivity contribution in [2.45, 2.75) is 25.9 Å². The van der Waals surface area contributed by atoms with Gasteiger partial charge in [-0.25, -0.2) is 4.98 Å². The van der Waals surface area contributed by atoms with Gasteiger partial charge in [0.15, 0.2) is 0 Å². The molecule has 5 nitrogen and oxygen atoms in total. The molecule has 0 radical (unpaired) electrons. The molecule has 1 aromatic rings. The average Bonchev–Trinajstić information content (AvgIpc) is 2.16. The van der Waals surface area contributed by atoms with E-state index in [1.165, 1.54) is 6.07 Å². The van der Waals surface area contributed by atoms with Crippen molar-refractivity contribution < 1.29 is 5.11 Å². The molecule has 2 rings (SSSR count). The minimum atomic E-state index is -0.305. The van der Waals surface area contributed by atoms with Gasteiger partial charge in [-0.2, -0.15) is 0 Å². The van der Waals surface area contributed by atoms with Gasteiger partial charge in [0.2, 0.25) is 0 Å². The zero-order chi connectivity index (χ0) is 10.8. The number of rotatable bonds is 1. The highest BCUT2D eigenvalue weighted by Crippen LogP contribution is 2.16. The van der Waals surface area contributed by atoms with Gasteiger partial charge in [0.05, 0.1) is 6.10 Å². The molecule has 0 spiro atoms. The van der Waals surface area contributed by atoms with E-state index >= 15 is 0 Å². The van der Waals surface area contributed by atoms with Gasteiger partial charge in [0.25, 0.3) is 5.56 Å². The molecule has 0 saturated carbocycles. The molecular formula is C10H15N3O2. The van der Waals surface area contributed by atoms with Crippen molar-refractivity contribution in [3.8, 4) is 0 Å². The molecule has 1 aliphatic heterocycles. The van der Waals surface area contributed by atoms with E-state index in [0.29, 0.717) is 18.2 Å². The van der Waals surface area contributed by atoms with Crippen molar-refractivity contribution in [3.63, 3.8) is 0 Å². The van der Waals surface area contributed by atoms with Crippen LogP contribution in [0.15, 0.2) is 10.9 Å². The number of aliphatic hydroxyl groups is 1. The lowest BCUT2D eigenvalue weighted by atomic mass is 10.1. The number of aliphatic hydroxyl groups excluding tert-OH is 1. The molecule has 0 aliphatic carbocycles. The number of anilines is 1. The summed E-state index contributed by atoms with van der Waals surface area (Å²) in [6.07, 6.45) is 1.47. The molecule has 0 bridgehead atoms. The zero-order valence-corrected chi connectivity index (χ0v) is 8.73. The Hall–Kier alpha value is -1.36. The van der Waals surface area contributed by atoms with Crippen LogP contribution in [0, 0.1) is 6.92 Å². The van der Waals surface area contributed by atoms with E-state index < -0.39 is 0 Å². The Bertz CT molecular complexity index is 402. The summed E-state index contributed by atoms with van der Waals surface area (Å²) in [6.45, 7) is 3.17. The predicted octanol–water partition coefficient (Wildman–Crippen LogP) is 0.0394. The maximum atomic E-state index is 11.3. The van der Waals surface area contributed by atoms with Gasteiger partial charge < -0.3 is 15.0 Å². The van der Waals surface area contributed by atoms with Gasteiger partial charge in [0.1, 0.15) is 11.6 Å². The van der Waals surface area contributed by atoms with Crippen LogP contribution in [0.4, 0.5) is 5.82 Å². The second kappa shape index (κ2) is 4.02. The van der Waals surface area contributed by atoms with Crippen LogP contribution < -0.4 is 10.5 Å². The molecule has 1 aromatic heterocycles. The van der Waals surface area contributed by atoms with E-state index in [-0.39, 0.29) is 11.7 Å². The van der Waals surface area contributed by atoms with Crippen LogP contribution in [0.3, 0.4) is 0 Å². The third kappa shape index (κ3) is 2.36. The molecule has 5 heteroatoms. The smallest absolute Gasteiger partial charge is 0.252 e. The minimum Gasteiger partial charge on any atom is -0.391 e. The number of β-amino-alcohol motifs (C(OH)–C–C–N with tert-alkyl or cyclic N) is 1. The van der Waals surface area contributed by atoms with Gasteiger partial charge in [0, 0.05) is 19.2 Å². The Morgan fingerprint density at radius 2 is 2.47 bits per heavy atom. The van der Waals surface area contributed by atoms with E-state index in [9.17, 15) is 9.90 Å². The Morgan fingerprint density at radius 3 is 3.13 bits per heavy atom. The number of hydrogen-bond donors (Lipinski definition) is 2. The number of H-pyrrole nitrogens is 1. The molecular weight excluding hydrogens is 194 g/mol. The first-order valence-corrected chi connectivity index (χ1v) is 5.16. The highest BCUT2D eigenvalue weighted by molar-refractivity contribution is 5.38. The van der Waals surface area contributed by atoms with E-state index in [1.807, 2.05) is 4.90 Å². The van der Waals surface area contributed by atoms with E-state index in [0.717, 1.165) is 19.4 Å². The fourth-order valence-corrected chi connectivity index (χ4v) is 1.89. The molecule has 1 saturated heterocycles. The van der Waals surface area contributed by atoms with Crippen molar-refractivity contribution in [1.82, 2.24) is 9.97 Å². The van der Waals surface area contributed by atoms with Crippen LogP contribution in [0.5, 0.6) is 0 Å². The molecule has 2 heterocycles. The first-order chi connectivity index (χ1) is 7.15. The lowest BCUT2D eigenvalue weighted by Crippen LogP contribution is -2.39. The Labute approximate surface area is 87.8 Å². The van der Waals surface area contributed by atoms with Crippen molar-refractivity contribution in [1.29, 1.82) is 0 Å². The molecule has 15 heavy (non-hydrogen) atoms. The minimum absolute atomic E-state index is 0.141. The van der Waals surface area contributed by atoms with Crippen LogP contribution in [-0.2, 0) is 0 Å². The molecule has 2 N–H and O–H groups in total. The number of aryl methyl sites for hydroxylation is 1. The van der Waals surface area contributed by atoms with Gasteiger partial charge in [-0.05, 0) is 19.8 Å². The van der Waals surface area contributed by atoms with Crippen LogP contribution in [-0.4, -0.2) is 34.3 Å². The fourth-order valence-electron chi connectivity index (χ4n) is 1.89. The maximum absolute atomic E-state index is 11.3. The van der Waals surface area contributed by atoms with Crippen molar-refractivity contribution in [3.05, 3.63) is 22.2 Å². The van der Waals surface area contributed by atoms with Crippen LogP contribution in [0.1, 0.15) is 18.7 Å². The number of piperidine rings is 1. The highest BCUT2D eigenvalue weighted by Gasteiger charge is 2.19. The van der Waals surface area contributed by atoms with Crippen LogP contribution >= 0.6 is 0 Å². The van der Waals surface area contributed by atoms with E-state index in [1.54, 1.807) is 6.92 Å². The number of nitrogens with zero attached hydrogens (tertiary/aromatic N) is 2. The lowest BCUT2D eigenvalue weighted by Gasteiger charge is -2.30. The lowest BCUT2D eigenvalue weighted by molar-refractivity contribution is 0.154. The number of nitrogens with one attached hydrogen (secondary N) is 1. The number of hydrogen-bond acceptors (Lipinski definition) is 4. The van der Waals surface area contributed by atoms with Gasteiger partial charge in [-0.3, -0.25) is 4.79 Å². The third-order valence-corrected chi connectivity index (χ3v) is 2.57. The molecule has 1 aliphatic rings. The summed E-state index contributed by atoms with van der Waals surface area (Å²) >= 11 is 0. The first-order valence-electron chi connectivity index (χ1n) is 5.16. The molecule has 0 aromatic carbocycles. The summed E-state index contributed by atoms with van der Waals surface area (Å²) in [4.78, 5) is 20.1. The normalized spacial score (nSPS) is 21.7. The van der Waals surface area contributed by atoms with Crippen LogP contribution in [0.25, 0.3) is 0 Å². The summed E-state index contributed by atoms with van der Waals surface area (Å²) in [6, 6.07) is 1.48. The average molecular weight is 209 g/mol. The largest absolute Gasteiger partial charge is 0.391 e. The summed E-state index contributed by atoms with van der Waals surface area (Å²) in [5.74, 6) is 1.27. The van der Waals surface area contributed by atoms with E-state index in [4.69, 9.17) is 0 Å². The predicted molar refractivity (Wildman–Crippen MR) is 57.0 cm³/mol. The second-order valence-electron chi connectivity index (χ2n) is 3.93. The molecule has 1 fully saturated rings. The van der Waals surface area contributed by atoms with Gasteiger partial charge in [-0.15, -0.1) is 0 Å². The highest BCUT2D eigenvalue weighted by atomic mass is 16.3. The Balaban J connectivity index is 2.24. The summed E-state index contributed by atoms with van der Waals surface area (Å²) in [5.41, 5.74) is -0.141. The summed E-state index contributed by atoms with van der Waals surface area (Å²) in [5, 5.41) is 9.52. The molecule has 82 valence electrons. The van der Waals surface area contributed by atoms with Crippen molar-refractivity contribution in [2.75, 3.05) is 18.0 Å². The SMILES string of the molecule is Cc1nc(N2CCC[C@H](O)C2)cc(=O)[nH]1. The molecule has 1 atom stereocenters. The quantitative estimate of drug-likeness (QED) is 0.685. The molecule has 0 unspecified atom stereocenters. The zero-order valence-electron chi connectivity index (χ0n) is 8.73. The number of aromatic amines is 1. The maximum Gasteiger partial charge on any atom is 0.252 e. The summed E-state index contributed by atoms with van der Waals surface area (Å²) in [7, 11) is 0. The number of aromatic nitrogens is 2. The monoisotopic (exact) mass is 209 g/mol. The van der Waals surface area contributed by atoms with Gasteiger partial charge >= 0.3 is 0 Å². The topological polar surface area (TPSA) is 69.2 Å². The summed E-state index contributed by atoms with van der Waals surface area (Å²) < 4.78 is 0. The fraction of sp³-hybridized carbons (Fsp3) is 0.600. The third-order valence-electron chi connectivity index (χ3n) is 2.57.